The molecule has 1 N–H and O–H groups in total. The van der Waals surface area contributed by atoms with Crippen LogP contribution in [0.25, 0.3) is 0 Å². The first kappa shape index (κ1) is 16.1. The molecule has 0 radical (unpaired) electrons. The van der Waals surface area contributed by atoms with Crippen LogP contribution < -0.4 is 4.72 Å². The van der Waals surface area contributed by atoms with Crippen molar-refractivity contribution in [2.24, 2.45) is 0 Å². The maximum absolute atomic E-state index is 12.1. The summed E-state index contributed by atoms with van der Waals surface area (Å²) in [5.74, 6) is 0. The summed E-state index contributed by atoms with van der Waals surface area (Å²) in [6, 6.07) is 6.84. The van der Waals surface area contributed by atoms with Crippen molar-refractivity contribution < 1.29 is 17.9 Å². The van der Waals surface area contributed by atoms with Gasteiger partial charge in [-0.2, -0.15) is 0 Å². The second-order valence-electron chi connectivity index (χ2n) is 3.96. The molecule has 1 aromatic carbocycles. The van der Waals surface area contributed by atoms with Gasteiger partial charge in [0.15, 0.2) is 6.29 Å². The summed E-state index contributed by atoms with van der Waals surface area (Å²) >= 11 is 0. The second-order valence-corrected chi connectivity index (χ2v) is 5.69. The van der Waals surface area contributed by atoms with Crippen molar-refractivity contribution in [1.82, 2.24) is 4.72 Å². The van der Waals surface area contributed by atoms with Crippen LogP contribution in [0, 0.1) is 6.92 Å². The zero-order chi connectivity index (χ0) is 14.3. The standard InChI is InChI=1S/C13H21NO4S/c1-4-17-13(18-5-2)10-14-19(15,16)12-9-7-6-8-11(12)3/h6-9,13-14H,4-5,10H2,1-3H3. The summed E-state index contributed by atoms with van der Waals surface area (Å²) < 4.78 is 37.4. The lowest BCUT2D eigenvalue weighted by Gasteiger charge is -2.17. The van der Waals surface area contributed by atoms with Crippen LogP contribution in [0.3, 0.4) is 0 Å². The van der Waals surface area contributed by atoms with Gasteiger partial charge in [0, 0.05) is 13.2 Å². The Morgan fingerprint density at radius 2 is 1.74 bits per heavy atom. The van der Waals surface area contributed by atoms with Gasteiger partial charge < -0.3 is 9.47 Å². The molecule has 0 spiro atoms. The summed E-state index contributed by atoms with van der Waals surface area (Å²) in [6.45, 7) is 6.47. The van der Waals surface area contributed by atoms with E-state index in [1.54, 1.807) is 31.2 Å². The molecule has 0 aromatic heterocycles. The molecule has 19 heavy (non-hydrogen) atoms. The fourth-order valence-corrected chi connectivity index (χ4v) is 2.91. The van der Waals surface area contributed by atoms with Crippen LogP contribution in [0.2, 0.25) is 0 Å². The first-order valence-electron chi connectivity index (χ1n) is 6.29. The normalized spacial score (nSPS) is 12.0. The van der Waals surface area contributed by atoms with Crippen LogP contribution in [-0.2, 0) is 19.5 Å². The van der Waals surface area contributed by atoms with Gasteiger partial charge in [0.2, 0.25) is 10.0 Å². The molecule has 0 bridgehead atoms. The van der Waals surface area contributed by atoms with Gasteiger partial charge in [-0.25, -0.2) is 13.1 Å². The van der Waals surface area contributed by atoms with Gasteiger partial charge in [0.05, 0.1) is 11.4 Å². The first-order valence-corrected chi connectivity index (χ1v) is 7.78. The molecule has 0 amide bonds. The van der Waals surface area contributed by atoms with Crippen LogP contribution in [0.15, 0.2) is 29.2 Å². The molecule has 1 aromatic rings. The maximum Gasteiger partial charge on any atom is 0.241 e. The largest absolute Gasteiger partial charge is 0.352 e. The smallest absolute Gasteiger partial charge is 0.241 e. The summed E-state index contributed by atoms with van der Waals surface area (Å²) in [5, 5.41) is 0. The minimum Gasteiger partial charge on any atom is -0.352 e. The fraction of sp³-hybridized carbons (Fsp3) is 0.538. The lowest BCUT2D eigenvalue weighted by molar-refractivity contribution is -0.130. The molecule has 0 unspecified atom stereocenters. The first-order chi connectivity index (χ1) is 9.01. The number of nitrogens with one attached hydrogen (secondary N) is 1. The Balaban J connectivity index is 2.72. The number of sulfonamides is 1. The number of hydrogen-bond donors (Lipinski definition) is 1. The lowest BCUT2D eigenvalue weighted by Crippen LogP contribution is -2.35. The Morgan fingerprint density at radius 3 is 2.26 bits per heavy atom. The predicted octanol–water partition coefficient (Wildman–Crippen LogP) is 1.67. The quantitative estimate of drug-likeness (QED) is 0.739. The van der Waals surface area contributed by atoms with Gasteiger partial charge in [0.1, 0.15) is 0 Å². The zero-order valence-corrected chi connectivity index (χ0v) is 12.4. The van der Waals surface area contributed by atoms with Crippen LogP contribution in [0.4, 0.5) is 0 Å². The Kier molecular flexibility index (Phi) is 6.44. The van der Waals surface area contributed by atoms with E-state index in [-0.39, 0.29) is 11.4 Å². The number of ether oxygens (including phenoxy) is 2. The van der Waals surface area contributed by atoms with E-state index in [9.17, 15) is 8.42 Å². The van der Waals surface area contributed by atoms with Gasteiger partial charge in [-0.3, -0.25) is 0 Å². The molecule has 1 rings (SSSR count). The van der Waals surface area contributed by atoms with Gasteiger partial charge in [-0.1, -0.05) is 18.2 Å². The molecular formula is C13H21NO4S. The topological polar surface area (TPSA) is 64.6 Å². The molecule has 0 fully saturated rings. The Hall–Kier alpha value is -0.950. The van der Waals surface area contributed by atoms with E-state index < -0.39 is 16.3 Å². The average Bonchev–Trinajstić information content (AvgIpc) is 2.37. The van der Waals surface area contributed by atoms with E-state index in [2.05, 4.69) is 4.72 Å². The van der Waals surface area contributed by atoms with Crippen molar-refractivity contribution in [2.75, 3.05) is 19.8 Å². The molecule has 5 nitrogen and oxygen atoms in total. The third kappa shape index (κ3) is 4.91. The van der Waals surface area contributed by atoms with E-state index in [4.69, 9.17) is 9.47 Å². The number of aryl methyl sites for hydroxylation is 1. The molecule has 0 saturated carbocycles. The van der Waals surface area contributed by atoms with E-state index in [0.29, 0.717) is 18.8 Å². The van der Waals surface area contributed by atoms with Gasteiger partial charge in [0.25, 0.3) is 0 Å². The zero-order valence-electron chi connectivity index (χ0n) is 11.5. The van der Waals surface area contributed by atoms with Crippen LogP contribution in [-0.4, -0.2) is 34.5 Å². The summed E-state index contributed by atoms with van der Waals surface area (Å²) in [6.07, 6.45) is -0.561. The van der Waals surface area contributed by atoms with Crippen molar-refractivity contribution in [1.29, 1.82) is 0 Å². The van der Waals surface area contributed by atoms with E-state index >= 15 is 0 Å². The molecule has 0 atom stereocenters. The molecular weight excluding hydrogens is 266 g/mol. The molecule has 108 valence electrons. The average molecular weight is 287 g/mol. The highest BCUT2D eigenvalue weighted by atomic mass is 32.2. The fourth-order valence-electron chi connectivity index (χ4n) is 1.65. The summed E-state index contributed by atoms with van der Waals surface area (Å²) in [7, 11) is -3.53. The van der Waals surface area contributed by atoms with Crippen molar-refractivity contribution in [2.45, 2.75) is 32.0 Å². The third-order valence-electron chi connectivity index (χ3n) is 2.53. The minimum absolute atomic E-state index is 0.0956. The van der Waals surface area contributed by atoms with Crippen molar-refractivity contribution in [3.8, 4) is 0 Å². The maximum atomic E-state index is 12.1. The summed E-state index contributed by atoms with van der Waals surface area (Å²) in [4.78, 5) is 0.279. The van der Waals surface area contributed by atoms with Crippen molar-refractivity contribution in [3.63, 3.8) is 0 Å². The van der Waals surface area contributed by atoms with E-state index in [0.717, 1.165) is 0 Å². The molecule has 0 saturated heterocycles. The van der Waals surface area contributed by atoms with Crippen LogP contribution >= 0.6 is 0 Å². The molecule has 0 aliphatic heterocycles. The van der Waals surface area contributed by atoms with Crippen LogP contribution in [0.1, 0.15) is 19.4 Å². The van der Waals surface area contributed by atoms with Gasteiger partial charge in [-0.15, -0.1) is 0 Å². The van der Waals surface area contributed by atoms with E-state index in [1.807, 2.05) is 13.8 Å². The highest BCUT2D eigenvalue weighted by molar-refractivity contribution is 7.89. The highest BCUT2D eigenvalue weighted by Gasteiger charge is 2.18. The molecule has 6 heteroatoms. The minimum atomic E-state index is -3.53. The summed E-state index contributed by atoms with van der Waals surface area (Å²) in [5.41, 5.74) is 0.708. The number of rotatable bonds is 8. The molecule has 0 heterocycles. The van der Waals surface area contributed by atoms with Crippen LogP contribution in [0.5, 0.6) is 0 Å². The number of benzene rings is 1. The van der Waals surface area contributed by atoms with Crippen molar-refractivity contribution in [3.05, 3.63) is 29.8 Å². The SMILES string of the molecule is CCOC(CNS(=O)(=O)c1ccccc1C)OCC. The third-order valence-corrected chi connectivity index (χ3v) is 4.11. The van der Waals surface area contributed by atoms with Gasteiger partial charge >= 0.3 is 0 Å². The Labute approximate surface area is 115 Å². The number of hydrogen-bond acceptors (Lipinski definition) is 4. The molecule has 0 aliphatic rings. The molecule has 0 aliphatic carbocycles. The lowest BCUT2D eigenvalue weighted by atomic mass is 10.2. The Bertz CT molecular complexity index is 481. The second kappa shape index (κ2) is 7.59. The van der Waals surface area contributed by atoms with E-state index in [1.165, 1.54) is 0 Å². The Morgan fingerprint density at radius 1 is 1.16 bits per heavy atom. The van der Waals surface area contributed by atoms with Crippen molar-refractivity contribution >= 4 is 10.0 Å². The van der Waals surface area contributed by atoms with Gasteiger partial charge in [-0.05, 0) is 32.4 Å². The monoisotopic (exact) mass is 287 g/mol. The highest BCUT2D eigenvalue weighted by Crippen LogP contribution is 2.13. The predicted molar refractivity (Wildman–Crippen MR) is 73.4 cm³/mol.